The normalized spacial score (nSPS) is 15.8. The molecule has 0 saturated carbocycles. The Labute approximate surface area is 119 Å². The summed E-state index contributed by atoms with van der Waals surface area (Å²) in [5.74, 6) is -0.749. The van der Waals surface area contributed by atoms with Crippen molar-refractivity contribution < 1.29 is 9.90 Å². The molecule has 1 aliphatic carbocycles. The molecule has 0 aromatic heterocycles. The molecule has 1 aliphatic rings. The number of rotatable bonds is 3. The largest absolute Gasteiger partial charge is 0.481 e. The van der Waals surface area contributed by atoms with E-state index >= 15 is 0 Å². The summed E-state index contributed by atoms with van der Waals surface area (Å²) in [6.45, 7) is 4.18. The molecule has 0 aliphatic heterocycles. The first-order chi connectivity index (χ1) is 9.60. The van der Waals surface area contributed by atoms with Gasteiger partial charge in [0.1, 0.15) is 0 Å². The fourth-order valence-electron chi connectivity index (χ4n) is 3.14. The average Bonchev–Trinajstić information content (AvgIpc) is 2.71. The molecule has 0 bridgehead atoms. The van der Waals surface area contributed by atoms with E-state index in [1.165, 1.54) is 27.8 Å². The summed E-state index contributed by atoms with van der Waals surface area (Å²) in [5, 5.41) is 9.22. The van der Waals surface area contributed by atoms with Gasteiger partial charge in [0, 0.05) is 5.92 Å². The molecular formula is C18H18O2. The molecule has 2 aromatic carbocycles. The van der Waals surface area contributed by atoms with Crippen molar-refractivity contribution in [1.82, 2.24) is 0 Å². The first kappa shape index (κ1) is 12.9. The zero-order valence-electron chi connectivity index (χ0n) is 11.8. The predicted octanol–water partition coefficient (Wildman–Crippen LogP) is 4.14. The van der Waals surface area contributed by atoms with Crippen molar-refractivity contribution in [3.63, 3.8) is 0 Å². The summed E-state index contributed by atoms with van der Waals surface area (Å²) >= 11 is 0. The van der Waals surface area contributed by atoms with E-state index in [2.05, 4.69) is 50.2 Å². The van der Waals surface area contributed by atoms with Gasteiger partial charge < -0.3 is 5.11 Å². The number of hydrogen-bond donors (Lipinski definition) is 1. The maximum atomic E-state index is 11.2. The molecule has 20 heavy (non-hydrogen) atoms. The highest BCUT2D eigenvalue weighted by Crippen LogP contribution is 2.46. The van der Waals surface area contributed by atoms with Crippen LogP contribution in [0.2, 0.25) is 0 Å². The SMILES string of the molecule is CCc1ccc2c(c1)C(CC(=O)O)c1cc(C)ccc1-2. The van der Waals surface area contributed by atoms with Crippen molar-refractivity contribution in [2.75, 3.05) is 0 Å². The summed E-state index contributed by atoms with van der Waals surface area (Å²) in [5.41, 5.74) is 7.18. The summed E-state index contributed by atoms with van der Waals surface area (Å²) in [6, 6.07) is 12.8. The quantitative estimate of drug-likeness (QED) is 0.906. The molecule has 1 N–H and O–H groups in total. The van der Waals surface area contributed by atoms with E-state index < -0.39 is 5.97 Å². The number of aryl methyl sites for hydroxylation is 2. The van der Waals surface area contributed by atoms with Crippen molar-refractivity contribution in [2.24, 2.45) is 0 Å². The monoisotopic (exact) mass is 266 g/mol. The van der Waals surface area contributed by atoms with Crippen molar-refractivity contribution in [1.29, 1.82) is 0 Å². The molecule has 0 fully saturated rings. The van der Waals surface area contributed by atoms with Crippen LogP contribution in [0.1, 0.15) is 41.5 Å². The van der Waals surface area contributed by atoms with Crippen LogP contribution in [-0.4, -0.2) is 11.1 Å². The number of aliphatic carboxylic acids is 1. The van der Waals surface area contributed by atoms with Gasteiger partial charge in [0.2, 0.25) is 0 Å². The van der Waals surface area contributed by atoms with E-state index in [0.29, 0.717) is 0 Å². The topological polar surface area (TPSA) is 37.3 Å². The average molecular weight is 266 g/mol. The Hall–Kier alpha value is -2.09. The molecule has 1 atom stereocenters. The maximum Gasteiger partial charge on any atom is 0.304 e. The third-order valence-corrected chi connectivity index (χ3v) is 4.15. The van der Waals surface area contributed by atoms with E-state index in [1.54, 1.807) is 0 Å². The van der Waals surface area contributed by atoms with Crippen LogP contribution >= 0.6 is 0 Å². The number of benzene rings is 2. The van der Waals surface area contributed by atoms with Gasteiger partial charge in [-0.3, -0.25) is 4.79 Å². The second-order valence-corrected chi connectivity index (χ2v) is 5.52. The molecule has 0 amide bonds. The van der Waals surface area contributed by atoms with Crippen molar-refractivity contribution in [3.8, 4) is 11.1 Å². The van der Waals surface area contributed by atoms with Gasteiger partial charge in [0.25, 0.3) is 0 Å². The molecule has 2 heteroatoms. The third kappa shape index (κ3) is 2.01. The minimum Gasteiger partial charge on any atom is -0.481 e. The van der Waals surface area contributed by atoms with Crippen molar-refractivity contribution in [2.45, 2.75) is 32.6 Å². The first-order valence-electron chi connectivity index (χ1n) is 7.05. The Bertz CT molecular complexity index is 686. The van der Waals surface area contributed by atoms with Crippen LogP contribution in [0, 0.1) is 6.92 Å². The fraction of sp³-hybridized carbons (Fsp3) is 0.278. The summed E-state index contributed by atoms with van der Waals surface area (Å²) in [6.07, 6.45) is 1.14. The zero-order chi connectivity index (χ0) is 14.3. The van der Waals surface area contributed by atoms with Gasteiger partial charge in [-0.2, -0.15) is 0 Å². The van der Waals surface area contributed by atoms with E-state index in [0.717, 1.165) is 12.0 Å². The van der Waals surface area contributed by atoms with Crippen molar-refractivity contribution in [3.05, 3.63) is 58.7 Å². The lowest BCUT2D eigenvalue weighted by Crippen LogP contribution is -2.05. The number of hydrogen-bond acceptors (Lipinski definition) is 1. The van der Waals surface area contributed by atoms with Crippen LogP contribution in [0.3, 0.4) is 0 Å². The van der Waals surface area contributed by atoms with Gasteiger partial charge in [-0.15, -0.1) is 0 Å². The highest BCUT2D eigenvalue weighted by Gasteiger charge is 2.30. The molecular weight excluding hydrogens is 248 g/mol. The third-order valence-electron chi connectivity index (χ3n) is 4.15. The molecule has 3 rings (SSSR count). The molecule has 0 heterocycles. The molecule has 1 unspecified atom stereocenters. The standard InChI is InChI=1S/C18H18O2/c1-3-12-5-7-14-13-6-4-11(2)8-15(13)17(10-18(19)20)16(14)9-12/h4-9,17H,3,10H2,1-2H3,(H,19,20). The molecule has 0 spiro atoms. The number of carbonyl (C=O) groups is 1. The number of carboxylic acids is 1. The number of fused-ring (bicyclic) bond motifs is 3. The minimum absolute atomic E-state index is 0.0103. The molecule has 102 valence electrons. The van der Waals surface area contributed by atoms with Gasteiger partial charge in [-0.1, -0.05) is 48.9 Å². The van der Waals surface area contributed by atoms with Gasteiger partial charge in [0.05, 0.1) is 6.42 Å². The highest BCUT2D eigenvalue weighted by atomic mass is 16.4. The van der Waals surface area contributed by atoms with Crippen LogP contribution in [-0.2, 0) is 11.2 Å². The molecule has 0 saturated heterocycles. The Kier molecular flexibility index (Phi) is 3.09. The van der Waals surface area contributed by atoms with Gasteiger partial charge in [-0.25, -0.2) is 0 Å². The molecule has 2 nitrogen and oxygen atoms in total. The summed E-state index contributed by atoms with van der Waals surface area (Å²) in [7, 11) is 0. The van der Waals surface area contributed by atoms with Crippen LogP contribution in [0.25, 0.3) is 11.1 Å². The number of carboxylic acid groups (broad SMARTS) is 1. The molecule has 0 radical (unpaired) electrons. The maximum absolute atomic E-state index is 11.2. The highest BCUT2D eigenvalue weighted by molar-refractivity contribution is 5.82. The van der Waals surface area contributed by atoms with Crippen LogP contribution < -0.4 is 0 Å². The lowest BCUT2D eigenvalue weighted by Gasteiger charge is -2.12. The van der Waals surface area contributed by atoms with E-state index in [4.69, 9.17) is 0 Å². The van der Waals surface area contributed by atoms with E-state index in [-0.39, 0.29) is 12.3 Å². The zero-order valence-corrected chi connectivity index (χ0v) is 11.8. The fourth-order valence-corrected chi connectivity index (χ4v) is 3.14. The van der Waals surface area contributed by atoms with Crippen molar-refractivity contribution >= 4 is 5.97 Å². The van der Waals surface area contributed by atoms with E-state index in [1.807, 2.05) is 0 Å². The Balaban J connectivity index is 2.19. The minimum atomic E-state index is -0.739. The second-order valence-electron chi connectivity index (χ2n) is 5.52. The molecule has 2 aromatic rings. The lowest BCUT2D eigenvalue weighted by atomic mass is 9.92. The lowest BCUT2D eigenvalue weighted by molar-refractivity contribution is -0.137. The van der Waals surface area contributed by atoms with Crippen LogP contribution in [0.4, 0.5) is 0 Å². The first-order valence-corrected chi connectivity index (χ1v) is 7.05. The predicted molar refractivity (Wildman–Crippen MR) is 80.1 cm³/mol. The van der Waals surface area contributed by atoms with Crippen LogP contribution in [0.5, 0.6) is 0 Å². The van der Waals surface area contributed by atoms with Gasteiger partial charge in [-0.05, 0) is 41.2 Å². The second kappa shape index (κ2) is 4.78. The van der Waals surface area contributed by atoms with Gasteiger partial charge >= 0.3 is 5.97 Å². The summed E-state index contributed by atoms with van der Waals surface area (Å²) < 4.78 is 0. The van der Waals surface area contributed by atoms with E-state index in [9.17, 15) is 9.90 Å². The summed E-state index contributed by atoms with van der Waals surface area (Å²) in [4.78, 5) is 11.2. The smallest absolute Gasteiger partial charge is 0.304 e. The Morgan fingerprint density at radius 3 is 2.40 bits per heavy atom. The van der Waals surface area contributed by atoms with Gasteiger partial charge in [0.15, 0.2) is 0 Å². The Morgan fingerprint density at radius 1 is 1.10 bits per heavy atom. The Morgan fingerprint density at radius 2 is 1.75 bits per heavy atom. The van der Waals surface area contributed by atoms with Crippen LogP contribution in [0.15, 0.2) is 36.4 Å².